The number of nitriles is 1. The van der Waals surface area contributed by atoms with Crippen molar-refractivity contribution in [3.63, 3.8) is 0 Å². The molecule has 0 bridgehead atoms. The average molecular weight is 377 g/mol. The fraction of sp³-hybridized carbons (Fsp3) is 0.391. The number of ether oxygens (including phenoxy) is 1. The van der Waals surface area contributed by atoms with Gasteiger partial charge in [-0.3, -0.25) is 4.90 Å². The van der Waals surface area contributed by atoms with E-state index in [0.717, 1.165) is 27.9 Å². The van der Waals surface area contributed by atoms with Gasteiger partial charge in [-0.1, -0.05) is 12.1 Å². The summed E-state index contributed by atoms with van der Waals surface area (Å²) in [5.41, 5.74) is 5.50. The quantitative estimate of drug-likeness (QED) is 0.788. The van der Waals surface area contributed by atoms with Crippen LogP contribution in [0.2, 0.25) is 0 Å². The number of hydrogen-bond acceptors (Lipinski definition) is 4. The number of hydrogen-bond donors (Lipinski definition) is 1. The highest BCUT2D eigenvalue weighted by molar-refractivity contribution is 5.77. The van der Waals surface area contributed by atoms with Crippen LogP contribution < -0.4 is 5.32 Å². The van der Waals surface area contributed by atoms with Gasteiger partial charge in [0, 0.05) is 18.3 Å². The van der Waals surface area contributed by atoms with Gasteiger partial charge in [-0.15, -0.1) is 0 Å². The summed E-state index contributed by atoms with van der Waals surface area (Å²) in [6.07, 6.45) is -0.298. The lowest BCUT2D eigenvalue weighted by Crippen LogP contribution is -2.33. The monoisotopic (exact) mass is 377 g/mol. The number of carbonyl (C=O) groups is 1. The first-order valence-electron chi connectivity index (χ1n) is 9.57. The molecule has 2 aromatic rings. The van der Waals surface area contributed by atoms with Crippen molar-refractivity contribution in [3.8, 4) is 17.2 Å². The fourth-order valence-electron chi connectivity index (χ4n) is 3.37. The van der Waals surface area contributed by atoms with Crippen molar-refractivity contribution in [2.24, 2.45) is 0 Å². The normalized spacial score (nSPS) is 13.2. The SMILES string of the molecule is CC(C)Nc1cc2c(c(-c3ccc(C#N)cc3)c1)CN(C(=O)OC(C)(C)C)C2. The Morgan fingerprint density at radius 2 is 1.86 bits per heavy atom. The highest BCUT2D eigenvalue weighted by Gasteiger charge is 2.30. The highest BCUT2D eigenvalue weighted by atomic mass is 16.6. The Bertz CT molecular complexity index is 919. The van der Waals surface area contributed by atoms with Crippen molar-refractivity contribution in [1.29, 1.82) is 5.26 Å². The van der Waals surface area contributed by atoms with Gasteiger partial charge in [0.2, 0.25) is 0 Å². The van der Waals surface area contributed by atoms with Gasteiger partial charge in [-0.2, -0.15) is 5.26 Å². The summed E-state index contributed by atoms with van der Waals surface area (Å²) < 4.78 is 5.56. The van der Waals surface area contributed by atoms with Crippen molar-refractivity contribution in [2.45, 2.75) is 59.4 Å². The summed E-state index contributed by atoms with van der Waals surface area (Å²) in [6.45, 7) is 10.9. The molecule has 3 rings (SSSR count). The lowest BCUT2D eigenvalue weighted by Gasteiger charge is -2.24. The lowest BCUT2D eigenvalue weighted by atomic mass is 9.95. The Morgan fingerprint density at radius 3 is 2.43 bits per heavy atom. The Balaban J connectivity index is 1.98. The van der Waals surface area contributed by atoms with Gasteiger partial charge in [0.25, 0.3) is 0 Å². The molecule has 1 heterocycles. The average Bonchev–Trinajstić information content (AvgIpc) is 3.03. The van der Waals surface area contributed by atoms with E-state index in [0.29, 0.717) is 24.7 Å². The van der Waals surface area contributed by atoms with Crippen LogP contribution in [0.4, 0.5) is 10.5 Å². The zero-order valence-corrected chi connectivity index (χ0v) is 17.2. The molecule has 0 radical (unpaired) electrons. The minimum absolute atomic E-state index is 0.298. The van der Waals surface area contributed by atoms with Crippen molar-refractivity contribution in [2.75, 3.05) is 5.32 Å². The number of fused-ring (bicyclic) bond motifs is 1. The molecule has 0 aliphatic carbocycles. The molecule has 1 N–H and O–H groups in total. The third kappa shape index (κ3) is 4.45. The largest absolute Gasteiger partial charge is 0.444 e. The first-order valence-corrected chi connectivity index (χ1v) is 9.57. The molecular formula is C23H27N3O2. The molecule has 28 heavy (non-hydrogen) atoms. The molecule has 5 heteroatoms. The van der Waals surface area contributed by atoms with E-state index in [-0.39, 0.29) is 6.09 Å². The summed E-state index contributed by atoms with van der Waals surface area (Å²) in [5, 5.41) is 12.5. The van der Waals surface area contributed by atoms with Crippen molar-refractivity contribution in [1.82, 2.24) is 4.90 Å². The predicted octanol–water partition coefficient (Wildman–Crippen LogP) is 5.30. The second kappa shape index (κ2) is 7.55. The number of benzene rings is 2. The highest BCUT2D eigenvalue weighted by Crippen LogP contribution is 2.36. The van der Waals surface area contributed by atoms with Gasteiger partial charge in [-0.25, -0.2) is 4.79 Å². The Hall–Kier alpha value is -3.00. The van der Waals surface area contributed by atoms with Crippen LogP contribution in [0.25, 0.3) is 11.1 Å². The van der Waals surface area contributed by atoms with Crippen LogP contribution in [0.3, 0.4) is 0 Å². The smallest absolute Gasteiger partial charge is 0.410 e. The van der Waals surface area contributed by atoms with Crippen LogP contribution in [0, 0.1) is 11.3 Å². The number of rotatable bonds is 3. The molecule has 0 spiro atoms. The van der Waals surface area contributed by atoms with E-state index in [1.807, 2.05) is 45.0 Å². The Kier molecular flexibility index (Phi) is 5.33. The van der Waals surface area contributed by atoms with Gasteiger partial charge in [-0.05, 0) is 81.1 Å². The molecule has 0 saturated heterocycles. The maximum absolute atomic E-state index is 12.6. The molecule has 146 valence electrons. The second-order valence-electron chi connectivity index (χ2n) is 8.49. The third-order valence-corrected chi connectivity index (χ3v) is 4.48. The molecule has 2 aromatic carbocycles. The van der Waals surface area contributed by atoms with E-state index < -0.39 is 5.60 Å². The first kappa shape index (κ1) is 19.8. The van der Waals surface area contributed by atoms with Crippen LogP contribution in [0.5, 0.6) is 0 Å². The molecule has 1 aliphatic rings. The first-order chi connectivity index (χ1) is 13.2. The number of carbonyl (C=O) groups excluding carboxylic acids is 1. The van der Waals surface area contributed by atoms with Crippen molar-refractivity contribution >= 4 is 11.8 Å². The summed E-state index contributed by atoms with van der Waals surface area (Å²) >= 11 is 0. The Labute approximate surface area is 166 Å². The molecule has 1 aliphatic heterocycles. The van der Waals surface area contributed by atoms with E-state index in [9.17, 15) is 4.79 Å². The zero-order valence-electron chi connectivity index (χ0n) is 17.2. The molecule has 5 nitrogen and oxygen atoms in total. The molecule has 0 fully saturated rings. The number of anilines is 1. The van der Waals surface area contributed by atoms with Crippen LogP contribution >= 0.6 is 0 Å². The van der Waals surface area contributed by atoms with Crippen LogP contribution in [-0.2, 0) is 17.8 Å². The van der Waals surface area contributed by atoms with Crippen LogP contribution in [0.15, 0.2) is 36.4 Å². The van der Waals surface area contributed by atoms with Gasteiger partial charge < -0.3 is 10.1 Å². The zero-order chi connectivity index (χ0) is 20.5. The minimum atomic E-state index is -0.522. The topological polar surface area (TPSA) is 65.4 Å². The van der Waals surface area contributed by atoms with Crippen LogP contribution in [-0.4, -0.2) is 22.6 Å². The lowest BCUT2D eigenvalue weighted by molar-refractivity contribution is 0.0242. The van der Waals surface area contributed by atoms with Gasteiger partial charge in [0.15, 0.2) is 0 Å². The third-order valence-electron chi connectivity index (χ3n) is 4.48. The van der Waals surface area contributed by atoms with E-state index >= 15 is 0 Å². The maximum atomic E-state index is 12.6. The van der Waals surface area contributed by atoms with E-state index in [2.05, 4.69) is 37.4 Å². The minimum Gasteiger partial charge on any atom is -0.444 e. The van der Waals surface area contributed by atoms with E-state index in [1.165, 1.54) is 0 Å². The number of nitrogens with zero attached hydrogens (tertiary/aromatic N) is 2. The number of nitrogens with one attached hydrogen (secondary N) is 1. The molecule has 0 atom stereocenters. The second-order valence-corrected chi connectivity index (χ2v) is 8.49. The summed E-state index contributed by atoms with van der Waals surface area (Å²) in [4.78, 5) is 14.3. The van der Waals surface area contributed by atoms with Crippen molar-refractivity contribution < 1.29 is 9.53 Å². The standard InChI is InChI=1S/C23H27N3O2/c1-15(2)25-19-10-18-13-26(22(27)28-23(3,4)5)14-21(18)20(11-19)17-8-6-16(12-24)7-9-17/h6-11,15,25H,13-14H2,1-5H3. The van der Waals surface area contributed by atoms with Gasteiger partial charge >= 0.3 is 6.09 Å². The number of amides is 1. The van der Waals surface area contributed by atoms with Gasteiger partial charge in [0.1, 0.15) is 5.60 Å². The van der Waals surface area contributed by atoms with E-state index in [1.54, 1.807) is 4.90 Å². The van der Waals surface area contributed by atoms with E-state index in [4.69, 9.17) is 10.00 Å². The summed E-state index contributed by atoms with van der Waals surface area (Å²) in [6, 6.07) is 14.3. The fourth-order valence-corrected chi connectivity index (χ4v) is 3.37. The molecule has 0 aromatic heterocycles. The summed E-state index contributed by atoms with van der Waals surface area (Å²) in [5.74, 6) is 0. The molecule has 1 amide bonds. The van der Waals surface area contributed by atoms with Crippen LogP contribution in [0.1, 0.15) is 51.3 Å². The van der Waals surface area contributed by atoms with Crippen molar-refractivity contribution in [3.05, 3.63) is 53.1 Å². The predicted molar refractivity (Wildman–Crippen MR) is 111 cm³/mol. The molecule has 0 saturated carbocycles. The molecule has 0 unspecified atom stereocenters. The van der Waals surface area contributed by atoms with Gasteiger partial charge in [0.05, 0.1) is 18.2 Å². The maximum Gasteiger partial charge on any atom is 0.410 e. The Morgan fingerprint density at radius 1 is 1.18 bits per heavy atom. The molecular weight excluding hydrogens is 350 g/mol. The summed E-state index contributed by atoms with van der Waals surface area (Å²) in [7, 11) is 0.